The lowest BCUT2D eigenvalue weighted by molar-refractivity contribution is -0.129. The molecule has 48 heavy (non-hydrogen) atoms. The number of ketones is 1. The fourth-order valence-electron chi connectivity index (χ4n) is 6.47. The number of hydrogen-bond acceptors (Lipinski definition) is 11. The summed E-state index contributed by atoms with van der Waals surface area (Å²) in [5, 5.41) is 14.5. The molecule has 3 aromatic rings. The molecular weight excluding hydrogens is 612 g/mol. The van der Waals surface area contributed by atoms with Gasteiger partial charge in [0.15, 0.2) is 17.9 Å². The number of benzene rings is 1. The number of ether oxygens (including phenoxy) is 2. The van der Waals surface area contributed by atoms with Crippen LogP contribution in [0.15, 0.2) is 35.1 Å². The lowest BCUT2D eigenvalue weighted by Crippen LogP contribution is -2.41. The Labute approximate surface area is 283 Å². The van der Waals surface area contributed by atoms with Crippen molar-refractivity contribution in [2.45, 2.75) is 78.2 Å². The topological polar surface area (TPSA) is 134 Å². The van der Waals surface area contributed by atoms with E-state index in [1.807, 2.05) is 42.0 Å². The number of oxazole rings is 1. The Kier molecular flexibility index (Phi) is 12.1. The van der Waals surface area contributed by atoms with E-state index in [9.17, 15) is 14.7 Å². The molecule has 12 nitrogen and oxygen atoms in total. The second-order valence-corrected chi connectivity index (χ2v) is 13.0. The number of hydrogen-bond donors (Lipinski definition) is 2. The summed E-state index contributed by atoms with van der Waals surface area (Å²) in [5.74, 6) is 2.97. The Balaban J connectivity index is 1.16. The molecular formula is C36H50N6O6. The van der Waals surface area contributed by atoms with Crippen molar-refractivity contribution >= 4 is 23.3 Å². The van der Waals surface area contributed by atoms with Crippen LogP contribution in [0.4, 0.5) is 11.6 Å². The molecule has 1 atom stereocenters. The van der Waals surface area contributed by atoms with E-state index >= 15 is 0 Å². The number of β-amino-alcohol motifs (C(OH)–C–C–N with tert-alkyl or cyclic N) is 1. The highest BCUT2D eigenvalue weighted by Crippen LogP contribution is 2.30. The minimum Gasteiger partial charge on any atom is -0.485 e. The quantitative estimate of drug-likeness (QED) is 0.228. The number of carbonyl (C=O) groups is 2. The summed E-state index contributed by atoms with van der Waals surface area (Å²) in [4.78, 5) is 40.3. The predicted molar refractivity (Wildman–Crippen MR) is 184 cm³/mol. The van der Waals surface area contributed by atoms with Crippen molar-refractivity contribution in [3.05, 3.63) is 64.4 Å². The van der Waals surface area contributed by atoms with E-state index < -0.39 is 6.10 Å². The van der Waals surface area contributed by atoms with E-state index in [4.69, 9.17) is 18.9 Å². The van der Waals surface area contributed by atoms with Crippen molar-refractivity contribution in [3.63, 3.8) is 0 Å². The van der Waals surface area contributed by atoms with Crippen LogP contribution in [-0.4, -0.2) is 102 Å². The minimum absolute atomic E-state index is 0.0278. The third-order valence-corrected chi connectivity index (χ3v) is 9.54. The van der Waals surface area contributed by atoms with Crippen molar-refractivity contribution in [1.29, 1.82) is 0 Å². The number of rotatable bonds is 15. The van der Waals surface area contributed by atoms with Crippen LogP contribution in [0.25, 0.3) is 0 Å². The smallest absolute Gasteiger partial charge is 0.219 e. The fourth-order valence-corrected chi connectivity index (χ4v) is 6.47. The molecule has 0 bridgehead atoms. The average Bonchev–Trinajstić information content (AvgIpc) is 3.50. The highest BCUT2D eigenvalue weighted by Gasteiger charge is 2.24. The van der Waals surface area contributed by atoms with E-state index in [0.29, 0.717) is 63.0 Å². The normalized spacial score (nSPS) is 16.0. The maximum atomic E-state index is 13.5. The molecule has 260 valence electrons. The van der Waals surface area contributed by atoms with Crippen LogP contribution in [0, 0.1) is 13.8 Å². The molecule has 2 aromatic heterocycles. The number of fused-ring (bicyclic) bond motifs is 1. The van der Waals surface area contributed by atoms with E-state index in [1.54, 1.807) is 14.0 Å². The molecule has 12 heteroatoms. The molecule has 0 unspecified atom stereocenters. The number of aryl methyl sites for hydroxylation is 1. The van der Waals surface area contributed by atoms with Crippen molar-refractivity contribution in [3.8, 4) is 5.75 Å². The first kappa shape index (κ1) is 35.3. The van der Waals surface area contributed by atoms with Crippen LogP contribution in [0.5, 0.6) is 5.75 Å². The number of nitrogens with zero attached hydrogens (tertiary/aromatic N) is 5. The lowest BCUT2D eigenvalue weighted by atomic mass is 9.94. The van der Waals surface area contributed by atoms with E-state index in [0.717, 1.165) is 55.1 Å². The second-order valence-electron chi connectivity index (χ2n) is 13.0. The molecule has 0 saturated carbocycles. The number of carbonyl (C=O) groups excluding carboxylic acids is 2. The fraction of sp³-hybridized carbons (Fsp3) is 0.556. The number of methoxy groups -OCH3 is 1. The summed E-state index contributed by atoms with van der Waals surface area (Å²) in [6, 6.07) is 7.91. The number of piperidine rings is 1. The summed E-state index contributed by atoms with van der Waals surface area (Å²) in [7, 11) is 3.59. The number of Topliss-reactive ketones (excluding diaryl/α,β-unsaturated/α-hetero) is 1. The number of likely N-dealkylation sites (N-methyl/N-ethyl adjacent to an activating group) is 1. The minimum atomic E-state index is -0.626. The van der Waals surface area contributed by atoms with Crippen molar-refractivity contribution < 1.29 is 28.6 Å². The highest BCUT2D eigenvalue weighted by molar-refractivity contribution is 5.97. The lowest BCUT2D eigenvalue weighted by Gasteiger charge is -2.32. The predicted octanol–water partition coefficient (Wildman–Crippen LogP) is 4.15. The third kappa shape index (κ3) is 9.12. The molecule has 0 radical (unpaired) electrons. The molecule has 2 aliphatic rings. The second kappa shape index (κ2) is 16.4. The number of aliphatic hydroxyl groups is 1. The summed E-state index contributed by atoms with van der Waals surface area (Å²) in [6.07, 6.45) is 3.92. The number of amides is 1. The van der Waals surface area contributed by atoms with Crippen LogP contribution in [-0.2, 0) is 29.1 Å². The van der Waals surface area contributed by atoms with Gasteiger partial charge in [-0.25, -0.2) is 9.97 Å². The molecule has 1 fully saturated rings. The summed E-state index contributed by atoms with van der Waals surface area (Å²) >= 11 is 0. The largest absolute Gasteiger partial charge is 0.485 e. The Hall–Kier alpha value is -4.00. The molecule has 0 spiro atoms. The summed E-state index contributed by atoms with van der Waals surface area (Å²) < 4.78 is 16.7. The highest BCUT2D eigenvalue weighted by atomic mass is 16.5. The van der Waals surface area contributed by atoms with Gasteiger partial charge in [0.2, 0.25) is 5.91 Å². The molecule has 4 heterocycles. The van der Waals surface area contributed by atoms with Gasteiger partial charge < -0.3 is 34.1 Å². The van der Waals surface area contributed by atoms with E-state index in [-0.39, 0.29) is 24.2 Å². The first-order valence-corrected chi connectivity index (χ1v) is 16.9. The van der Waals surface area contributed by atoms with Gasteiger partial charge in [-0.2, -0.15) is 0 Å². The van der Waals surface area contributed by atoms with Gasteiger partial charge in [-0.15, -0.1) is 0 Å². The number of aliphatic hydroxyl groups excluding tert-OH is 1. The van der Waals surface area contributed by atoms with Gasteiger partial charge >= 0.3 is 0 Å². The van der Waals surface area contributed by atoms with Gasteiger partial charge in [-0.05, 0) is 74.4 Å². The zero-order chi connectivity index (χ0) is 34.2. The molecule has 0 aliphatic carbocycles. The van der Waals surface area contributed by atoms with Crippen LogP contribution in [0.2, 0.25) is 0 Å². The first-order chi connectivity index (χ1) is 23.1. The van der Waals surface area contributed by atoms with E-state index in [2.05, 4.69) is 28.2 Å². The molecule has 1 saturated heterocycles. The molecule has 5 rings (SSSR count). The Bertz CT molecular complexity index is 1550. The molecule has 1 aromatic carbocycles. The first-order valence-electron chi connectivity index (χ1n) is 16.9. The maximum Gasteiger partial charge on any atom is 0.219 e. The van der Waals surface area contributed by atoms with Crippen LogP contribution >= 0.6 is 0 Å². The van der Waals surface area contributed by atoms with Gasteiger partial charge in [0.1, 0.15) is 24.0 Å². The van der Waals surface area contributed by atoms with Crippen molar-refractivity contribution in [2.24, 2.45) is 0 Å². The number of anilines is 2. The van der Waals surface area contributed by atoms with Gasteiger partial charge in [0.25, 0.3) is 0 Å². The van der Waals surface area contributed by atoms with Crippen molar-refractivity contribution in [1.82, 2.24) is 19.8 Å². The zero-order valence-corrected chi connectivity index (χ0v) is 29.0. The van der Waals surface area contributed by atoms with Crippen LogP contribution < -0.4 is 15.0 Å². The zero-order valence-electron chi connectivity index (χ0n) is 29.0. The Morgan fingerprint density at radius 1 is 1.19 bits per heavy atom. The van der Waals surface area contributed by atoms with Crippen LogP contribution in [0.1, 0.15) is 71.1 Å². The van der Waals surface area contributed by atoms with Gasteiger partial charge in [0.05, 0.1) is 18.4 Å². The average molecular weight is 663 g/mol. The SMILES string of the molecule is COCCN(C)c1cc(C(=O)CC[C@H](O)CN2CCc3c(ccc(OCc4ocnc4C)c3C)C2)cc(NC2CCN(C(C)=O)CC2)n1. The number of aromatic nitrogens is 2. The Morgan fingerprint density at radius 2 is 1.98 bits per heavy atom. The third-order valence-electron chi connectivity index (χ3n) is 9.54. The van der Waals surface area contributed by atoms with Crippen molar-refractivity contribution in [2.75, 3.05) is 63.7 Å². The molecule has 2 aliphatic heterocycles. The van der Waals surface area contributed by atoms with Gasteiger partial charge in [-0.1, -0.05) is 6.07 Å². The summed E-state index contributed by atoms with van der Waals surface area (Å²) in [6.45, 7) is 10.6. The monoisotopic (exact) mass is 662 g/mol. The summed E-state index contributed by atoms with van der Waals surface area (Å²) in [5.41, 5.74) is 5.06. The Morgan fingerprint density at radius 3 is 2.69 bits per heavy atom. The maximum absolute atomic E-state index is 13.5. The van der Waals surface area contributed by atoms with Gasteiger partial charge in [0, 0.05) is 78.4 Å². The number of pyridine rings is 1. The van der Waals surface area contributed by atoms with Crippen LogP contribution in [0.3, 0.4) is 0 Å². The van der Waals surface area contributed by atoms with E-state index in [1.165, 1.54) is 17.5 Å². The standard InChI is InChI=1S/C36H50N6O6/c1-24-31-12-13-41(20-27(31)6-9-33(24)47-22-34-25(2)37-23-48-34)21-30(44)7-8-32(45)28-18-35(39-36(19-28)40(4)16-17-46-5)38-29-10-14-42(15-11-29)26(3)43/h6,9,18-19,23,29-30,44H,7-8,10-17,20-22H2,1-5H3,(H,38,39)/t30-/m0/s1. The number of likely N-dealkylation sites (tertiary alicyclic amines) is 1. The van der Waals surface area contributed by atoms with Gasteiger partial charge in [-0.3, -0.25) is 14.5 Å². The molecule has 2 N–H and O–H groups in total. The molecule has 1 amide bonds. The number of nitrogens with one attached hydrogen (secondary N) is 1.